The molecule has 1 fully saturated rings. The van der Waals surface area contributed by atoms with E-state index in [0.717, 1.165) is 42.6 Å². The minimum atomic E-state index is 0.0790. The third kappa shape index (κ3) is 3.81. The Hall–Kier alpha value is -1.81. The van der Waals surface area contributed by atoms with Crippen LogP contribution in [-0.4, -0.2) is 25.5 Å². The summed E-state index contributed by atoms with van der Waals surface area (Å²) in [6.45, 7) is 9.45. The van der Waals surface area contributed by atoms with E-state index in [1.807, 2.05) is 0 Å². The molecule has 24 heavy (non-hydrogen) atoms. The minimum Gasteiger partial charge on any atom is -0.464 e. The number of carbonyl (C=O) groups is 1. The Kier molecular flexibility index (Phi) is 5.24. The summed E-state index contributed by atoms with van der Waals surface area (Å²) in [6.07, 6.45) is 4.40. The highest BCUT2D eigenvalue weighted by atomic mass is 16.3. The van der Waals surface area contributed by atoms with Gasteiger partial charge in [0.15, 0.2) is 0 Å². The van der Waals surface area contributed by atoms with E-state index in [2.05, 4.69) is 43.5 Å². The highest BCUT2D eigenvalue weighted by Crippen LogP contribution is 2.29. The molecule has 1 saturated heterocycles. The Morgan fingerprint density at radius 2 is 2.25 bits per heavy atom. The zero-order valence-corrected chi connectivity index (χ0v) is 14.9. The molecule has 1 aromatic heterocycles. The molecule has 0 radical (unpaired) electrons. The molecule has 1 amide bonds. The van der Waals surface area contributed by atoms with Crippen molar-refractivity contribution < 1.29 is 9.21 Å². The van der Waals surface area contributed by atoms with E-state index in [9.17, 15) is 4.79 Å². The van der Waals surface area contributed by atoms with Crippen molar-refractivity contribution in [3.05, 3.63) is 35.1 Å². The van der Waals surface area contributed by atoms with E-state index in [1.165, 1.54) is 17.5 Å². The van der Waals surface area contributed by atoms with Crippen LogP contribution in [0.1, 0.15) is 49.3 Å². The number of nitrogens with one attached hydrogen (secondary N) is 2. The lowest BCUT2D eigenvalue weighted by molar-refractivity contribution is -0.120. The molecule has 1 aliphatic rings. The summed E-state index contributed by atoms with van der Waals surface area (Å²) in [5.41, 5.74) is 4.41. The zero-order valence-electron chi connectivity index (χ0n) is 14.9. The maximum Gasteiger partial charge on any atom is 0.224 e. The van der Waals surface area contributed by atoms with Gasteiger partial charge in [0.2, 0.25) is 5.91 Å². The summed E-state index contributed by atoms with van der Waals surface area (Å²) in [5.74, 6) is 1.25. The van der Waals surface area contributed by atoms with Crippen molar-refractivity contribution >= 4 is 16.9 Å². The maximum atomic E-state index is 12.2. The van der Waals surface area contributed by atoms with Gasteiger partial charge in [-0.3, -0.25) is 4.79 Å². The predicted octanol–water partition coefficient (Wildman–Crippen LogP) is 3.52. The number of carbonyl (C=O) groups excluding carboxylic acids is 1. The van der Waals surface area contributed by atoms with Gasteiger partial charge in [0.25, 0.3) is 0 Å². The number of aryl methyl sites for hydroxylation is 1. The first-order valence-corrected chi connectivity index (χ1v) is 9.02. The van der Waals surface area contributed by atoms with Crippen molar-refractivity contribution in [1.82, 2.24) is 10.6 Å². The third-order valence-corrected chi connectivity index (χ3v) is 5.05. The van der Waals surface area contributed by atoms with Crippen LogP contribution in [0.15, 0.2) is 22.8 Å². The van der Waals surface area contributed by atoms with E-state index in [4.69, 9.17) is 4.42 Å². The third-order valence-electron chi connectivity index (χ3n) is 5.05. The van der Waals surface area contributed by atoms with Crippen LogP contribution in [0.25, 0.3) is 11.0 Å². The molecule has 0 aliphatic carbocycles. The number of amides is 1. The SMILES string of the molecule is Cc1cc2occ(CC(=O)NCCC3CCNC3)c2cc1C(C)C. The number of hydrogen-bond donors (Lipinski definition) is 2. The number of furan rings is 1. The molecule has 1 aliphatic heterocycles. The van der Waals surface area contributed by atoms with E-state index in [-0.39, 0.29) is 5.91 Å². The fourth-order valence-electron chi connectivity index (χ4n) is 3.62. The molecule has 2 aromatic rings. The van der Waals surface area contributed by atoms with Gasteiger partial charge >= 0.3 is 0 Å². The van der Waals surface area contributed by atoms with Gasteiger partial charge in [0, 0.05) is 17.5 Å². The summed E-state index contributed by atoms with van der Waals surface area (Å²) in [7, 11) is 0. The summed E-state index contributed by atoms with van der Waals surface area (Å²) in [6, 6.07) is 4.27. The van der Waals surface area contributed by atoms with Crippen molar-refractivity contribution in [2.75, 3.05) is 19.6 Å². The number of fused-ring (bicyclic) bond motifs is 1. The van der Waals surface area contributed by atoms with Crippen LogP contribution < -0.4 is 10.6 Å². The largest absolute Gasteiger partial charge is 0.464 e. The normalized spacial score (nSPS) is 17.8. The molecule has 1 unspecified atom stereocenters. The molecule has 1 aromatic carbocycles. The molecule has 0 bridgehead atoms. The average molecular weight is 328 g/mol. The van der Waals surface area contributed by atoms with E-state index in [1.54, 1.807) is 6.26 Å². The first kappa shape index (κ1) is 17.0. The van der Waals surface area contributed by atoms with E-state index in [0.29, 0.717) is 18.3 Å². The first-order chi connectivity index (χ1) is 11.5. The van der Waals surface area contributed by atoms with Crippen molar-refractivity contribution in [3.8, 4) is 0 Å². The highest BCUT2D eigenvalue weighted by Gasteiger charge is 2.16. The molecule has 1 atom stereocenters. The van der Waals surface area contributed by atoms with Gasteiger partial charge in [0.05, 0.1) is 12.7 Å². The molecular weight excluding hydrogens is 300 g/mol. The zero-order chi connectivity index (χ0) is 17.1. The summed E-state index contributed by atoms with van der Waals surface area (Å²) >= 11 is 0. The molecular formula is C20H28N2O2. The molecule has 4 nitrogen and oxygen atoms in total. The standard InChI is InChI=1S/C20H28N2O2/c1-13(2)17-10-18-16(12-24-19(18)8-14(17)3)9-20(23)22-7-5-15-4-6-21-11-15/h8,10,12-13,15,21H,4-7,9,11H2,1-3H3,(H,22,23). The van der Waals surface area contributed by atoms with Crippen LogP contribution in [0.4, 0.5) is 0 Å². The smallest absolute Gasteiger partial charge is 0.224 e. The van der Waals surface area contributed by atoms with Crippen LogP contribution in [0.2, 0.25) is 0 Å². The molecule has 0 spiro atoms. The average Bonchev–Trinajstić information content (AvgIpc) is 3.16. The maximum absolute atomic E-state index is 12.2. The Morgan fingerprint density at radius 1 is 1.42 bits per heavy atom. The van der Waals surface area contributed by atoms with Crippen LogP contribution in [0, 0.1) is 12.8 Å². The van der Waals surface area contributed by atoms with Crippen LogP contribution in [-0.2, 0) is 11.2 Å². The van der Waals surface area contributed by atoms with Crippen molar-refractivity contribution in [2.45, 2.75) is 46.0 Å². The quantitative estimate of drug-likeness (QED) is 0.853. The van der Waals surface area contributed by atoms with Crippen LogP contribution in [0.3, 0.4) is 0 Å². The van der Waals surface area contributed by atoms with Crippen molar-refractivity contribution in [1.29, 1.82) is 0 Å². The van der Waals surface area contributed by atoms with Gasteiger partial charge in [-0.05, 0) is 68.0 Å². The monoisotopic (exact) mass is 328 g/mol. The van der Waals surface area contributed by atoms with Gasteiger partial charge in [0.1, 0.15) is 5.58 Å². The van der Waals surface area contributed by atoms with Gasteiger partial charge in [-0.15, -0.1) is 0 Å². The predicted molar refractivity (Wildman–Crippen MR) is 97.3 cm³/mol. The van der Waals surface area contributed by atoms with E-state index >= 15 is 0 Å². The molecule has 0 saturated carbocycles. The second-order valence-corrected chi connectivity index (χ2v) is 7.29. The van der Waals surface area contributed by atoms with Crippen LogP contribution >= 0.6 is 0 Å². The topological polar surface area (TPSA) is 54.3 Å². The molecule has 3 rings (SSSR count). The fourth-order valence-corrected chi connectivity index (χ4v) is 3.62. The van der Waals surface area contributed by atoms with Gasteiger partial charge in [-0.25, -0.2) is 0 Å². The van der Waals surface area contributed by atoms with Gasteiger partial charge in [-0.1, -0.05) is 13.8 Å². The Balaban J connectivity index is 1.63. The van der Waals surface area contributed by atoms with Crippen molar-refractivity contribution in [2.24, 2.45) is 5.92 Å². The minimum absolute atomic E-state index is 0.0790. The lowest BCUT2D eigenvalue weighted by Crippen LogP contribution is -2.27. The second-order valence-electron chi connectivity index (χ2n) is 7.29. The number of benzene rings is 1. The molecule has 4 heteroatoms. The van der Waals surface area contributed by atoms with Crippen LogP contribution in [0.5, 0.6) is 0 Å². The fraction of sp³-hybridized carbons (Fsp3) is 0.550. The Bertz CT molecular complexity index is 712. The summed E-state index contributed by atoms with van der Waals surface area (Å²) in [4.78, 5) is 12.2. The second kappa shape index (κ2) is 7.39. The first-order valence-electron chi connectivity index (χ1n) is 9.02. The lowest BCUT2D eigenvalue weighted by atomic mass is 9.95. The van der Waals surface area contributed by atoms with E-state index < -0.39 is 0 Å². The lowest BCUT2D eigenvalue weighted by Gasteiger charge is -2.10. The van der Waals surface area contributed by atoms with Gasteiger partial charge in [-0.2, -0.15) is 0 Å². The Labute approximate surface area is 144 Å². The van der Waals surface area contributed by atoms with Gasteiger partial charge < -0.3 is 15.1 Å². The number of rotatable bonds is 6. The molecule has 130 valence electrons. The highest BCUT2D eigenvalue weighted by molar-refractivity contribution is 5.88. The number of hydrogen-bond acceptors (Lipinski definition) is 3. The summed E-state index contributed by atoms with van der Waals surface area (Å²) in [5, 5.41) is 7.48. The molecule has 2 heterocycles. The van der Waals surface area contributed by atoms with Crippen molar-refractivity contribution in [3.63, 3.8) is 0 Å². The summed E-state index contributed by atoms with van der Waals surface area (Å²) < 4.78 is 5.66. The molecule has 2 N–H and O–H groups in total. The Morgan fingerprint density at radius 3 is 2.96 bits per heavy atom.